The van der Waals surface area contributed by atoms with Gasteiger partial charge in [0.05, 0.1) is 0 Å². The first-order valence-electron chi connectivity index (χ1n) is 6.57. The molecule has 2 N–H and O–H groups in total. The highest BCUT2D eigenvalue weighted by atomic mass is 16.4. The molecule has 0 aromatic carbocycles. The number of carbonyl (C=O) groups is 1. The Morgan fingerprint density at radius 3 is 2.38 bits per heavy atom. The topological polar surface area (TPSA) is 49.3 Å². The van der Waals surface area contributed by atoms with Gasteiger partial charge in [-0.2, -0.15) is 0 Å². The van der Waals surface area contributed by atoms with Gasteiger partial charge in [0.2, 0.25) is 0 Å². The molecule has 0 saturated heterocycles. The van der Waals surface area contributed by atoms with Crippen molar-refractivity contribution >= 4 is 5.97 Å². The number of aliphatic carboxylic acids is 1. The molecule has 1 fully saturated rings. The maximum absolute atomic E-state index is 9.00. The van der Waals surface area contributed by atoms with Crippen molar-refractivity contribution in [2.75, 3.05) is 13.1 Å². The summed E-state index contributed by atoms with van der Waals surface area (Å²) in [5.74, 6) is 0.163. The average molecular weight is 229 g/mol. The van der Waals surface area contributed by atoms with E-state index >= 15 is 0 Å². The van der Waals surface area contributed by atoms with Gasteiger partial charge in [0.1, 0.15) is 0 Å². The summed E-state index contributed by atoms with van der Waals surface area (Å²) < 4.78 is 0. The number of carboxylic acid groups (broad SMARTS) is 1. The summed E-state index contributed by atoms with van der Waals surface area (Å²) in [5, 5.41) is 11.0. The molecule has 16 heavy (non-hydrogen) atoms. The van der Waals surface area contributed by atoms with E-state index in [1.54, 1.807) is 0 Å². The van der Waals surface area contributed by atoms with Crippen LogP contribution in [0.3, 0.4) is 0 Å². The van der Waals surface area contributed by atoms with E-state index in [1.165, 1.54) is 58.0 Å². The van der Waals surface area contributed by atoms with Crippen LogP contribution in [0.2, 0.25) is 0 Å². The molecule has 0 heterocycles. The highest BCUT2D eigenvalue weighted by Gasteiger charge is 2.11. The first-order chi connectivity index (χ1) is 7.66. The minimum absolute atomic E-state index is 0.833. The Balaban J connectivity index is 0.000000487. The second-order valence-electron chi connectivity index (χ2n) is 4.58. The summed E-state index contributed by atoms with van der Waals surface area (Å²) in [5.41, 5.74) is 0. The lowest BCUT2D eigenvalue weighted by Crippen LogP contribution is -2.25. The van der Waals surface area contributed by atoms with Crippen LogP contribution in [0.5, 0.6) is 0 Å². The van der Waals surface area contributed by atoms with Crippen LogP contribution < -0.4 is 5.32 Å². The van der Waals surface area contributed by atoms with E-state index in [2.05, 4.69) is 12.2 Å². The van der Waals surface area contributed by atoms with Crippen molar-refractivity contribution in [3.05, 3.63) is 0 Å². The molecule has 0 atom stereocenters. The molecule has 0 aromatic rings. The van der Waals surface area contributed by atoms with E-state index in [0.29, 0.717) is 0 Å². The van der Waals surface area contributed by atoms with Crippen LogP contribution in [0.25, 0.3) is 0 Å². The molecule has 3 nitrogen and oxygen atoms in total. The summed E-state index contributed by atoms with van der Waals surface area (Å²) in [6.45, 7) is 5.84. The molecular weight excluding hydrogens is 202 g/mol. The fourth-order valence-electron chi connectivity index (χ4n) is 2.00. The second-order valence-corrected chi connectivity index (χ2v) is 4.58. The molecule has 1 rings (SSSR count). The van der Waals surface area contributed by atoms with Crippen LogP contribution >= 0.6 is 0 Å². The van der Waals surface area contributed by atoms with E-state index in [0.717, 1.165) is 12.8 Å². The average Bonchev–Trinajstić information content (AvgIpc) is 2.25. The minimum Gasteiger partial charge on any atom is -0.481 e. The van der Waals surface area contributed by atoms with Crippen LogP contribution in [0.15, 0.2) is 0 Å². The van der Waals surface area contributed by atoms with Gasteiger partial charge in [-0.1, -0.05) is 32.6 Å². The van der Waals surface area contributed by atoms with Gasteiger partial charge in [-0.25, -0.2) is 0 Å². The van der Waals surface area contributed by atoms with Gasteiger partial charge in [0.25, 0.3) is 5.97 Å². The van der Waals surface area contributed by atoms with Crippen molar-refractivity contribution in [2.24, 2.45) is 5.92 Å². The van der Waals surface area contributed by atoms with E-state index in [-0.39, 0.29) is 0 Å². The molecule has 0 aliphatic heterocycles. The number of hydrogen-bond acceptors (Lipinski definition) is 2. The Morgan fingerprint density at radius 2 is 1.88 bits per heavy atom. The molecule has 0 bridgehead atoms. The summed E-state index contributed by atoms with van der Waals surface area (Å²) in [6.07, 6.45) is 10.0. The van der Waals surface area contributed by atoms with Crippen LogP contribution in [-0.2, 0) is 4.79 Å². The Bertz CT molecular complexity index is 161. The molecule has 3 heteroatoms. The lowest BCUT2D eigenvalue weighted by molar-refractivity contribution is -0.134. The largest absolute Gasteiger partial charge is 0.481 e. The Morgan fingerprint density at radius 1 is 1.31 bits per heavy atom. The predicted octanol–water partition coefficient (Wildman–Crippen LogP) is 3.05. The Labute approximate surface area is 99.6 Å². The van der Waals surface area contributed by atoms with Gasteiger partial charge >= 0.3 is 0 Å². The van der Waals surface area contributed by atoms with Gasteiger partial charge in [-0.3, -0.25) is 4.79 Å². The van der Waals surface area contributed by atoms with Crippen molar-refractivity contribution < 1.29 is 9.90 Å². The first kappa shape index (κ1) is 15.4. The molecular formula is C13H27NO2. The van der Waals surface area contributed by atoms with E-state index in [4.69, 9.17) is 9.90 Å². The molecule has 96 valence electrons. The Kier molecular flexibility index (Phi) is 10.5. The molecule has 0 aromatic heterocycles. The zero-order chi connectivity index (χ0) is 12.2. The van der Waals surface area contributed by atoms with Crippen LogP contribution in [-0.4, -0.2) is 24.2 Å². The number of rotatable bonds is 5. The van der Waals surface area contributed by atoms with Crippen molar-refractivity contribution in [2.45, 2.75) is 58.8 Å². The molecule has 0 unspecified atom stereocenters. The standard InChI is InChI=1S/C11H23N.C2H4O2/c1-2-3-9-12-10-11-7-5-4-6-8-11;1-2(3)4/h11-12H,2-10H2,1H3;1H3,(H,3,4). The van der Waals surface area contributed by atoms with Crippen LogP contribution in [0, 0.1) is 5.92 Å². The zero-order valence-electron chi connectivity index (χ0n) is 10.8. The molecule has 1 saturated carbocycles. The SMILES string of the molecule is CC(=O)O.CCCCNCC1CCCCC1. The van der Waals surface area contributed by atoms with Gasteiger partial charge in [-0.15, -0.1) is 0 Å². The number of hydrogen-bond donors (Lipinski definition) is 2. The number of carboxylic acids is 1. The van der Waals surface area contributed by atoms with Gasteiger partial charge in [0, 0.05) is 6.92 Å². The highest BCUT2D eigenvalue weighted by molar-refractivity contribution is 5.62. The lowest BCUT2D eigenvalue weighted by Gasteiger charge is -2.21. The third kappa shape index (κ3) is 11.5. The highest BCUT2D eigenvalue weighted by Crippen LogP contribution is 2.22. The van der Waals surface area contributed by atoms with Crippen molar-refractivity contribution in [3.8, 4) is 0 Å². The number of nitrogens with one attached hydrogen (secondary N) is 1. The molecule has 0 radical (unpaired) electrons. The van der Waals surface area contributed by atoms with Gasteiger partial charge in [-0.05, 0) is 38.3 Å². The van der Waals surface area contributed by atoms with Crippen molar-refractivity contribution in [3.63, 3.8) is 0 Å². The van der Waals surface area contributed by atoms with Gasteiger partial charge in [0.15, 0.2) is 0 Å². The lowest BCUT2D eigenvalue weighted by atomic mass is 9.89. The van der Waals surface area contributed by atoms with E-state index in [9.17, 15) is 0 Å². The maximum atomic E-state index is 9.00. The minimum atomic E-state index is -0.833. The molecule has 0 amide bonds. The normalized spacial score (nSPS) is 16.4. The Hall–Kier alpha value is -0.570. The fourth-order valence-corrected chi connectivity index (χ4v) is 2.00. The van der Waals surface area contributed by atoms with Crippen LogP contribution in [0.1, 0.15) is 58.8 Å². The maximum Gasteiger partial charge on any atom is 0.300 e. The van der Waals surface area contributed by atoms with E-state index < -0.39 is 5.97 Å². The van der Waals surface area contributed by atoms with Crippen molar-refractivity contribution in [1.29, 1.82) is 0 Å². The molecule has 0 spiro atoms. The molecule has 1 aliphatic rings. The molecule has 1 aliphatic carbocycles. The summed E-state index contributed by atoms with van der Waals surface area (Å²) in [6, 6.07) is 0. The monoisotopic (exact) mass is 229 g/mol. The fraction of sp³-hybridized carbons (Fsp3) is 0.923. The smallest absolute Gasteiger partial charge is 0.300 e. The summed E-state index contributed by atoms with van der Waals surface area (Å²) in [4.78, 5) is 9.00. The second kappa shape index (κ2) is 10.9. The number of unbranched alkanes of at least 4 members (excludes halogenated alkanes) is 1. The van der Waals surface area contributed by atoms with E-state index in [1.807, 2.05) is 0 Å². The van der Waals surface area contributed by atoms with Crippen molar-refractivity contribution in [1.82, 2.24) is 5.32 Å². The quantitative estimate of drug-likeness (QED) is 0.712. The van der Waals surface area contributed by atoms with Crippen LogP contribution in [0.4, 0.5) is 0 Å². The third-order valence-corrected chi connectivity index (χ3v) is 2.86. The predicted molar refractivity (Wildman–Crippen MR) is 67.7 cm³/mol. The summed E-state index contributed by atoms with van der Waals surface area (Å²) in [7, 11) is 0. The third-order valence-electron chi connectivity index (χ3n) is 2.86. The summed E-state index contributed by atoms with van der Waals surface area (Å²) >= 11 is 0. The van der Waals surface area contributed by atoms with Gasteiger partial charge < -0.3 is 10.4 Å². The first-order valence-corrected chi connectivity index (χ1v) is 6.57. The zero-order valence-corrected chi connectivity index (χ0v) is 10.8.